The van der Waals surface area contributed by atoms with Crippen LogP contribution in [0.2, 0.25) is 0 Å². The predicted octanol–water partition coefficient (Wildman–Crippen LogP) is 9.80. The van der Waals surface area contributed by atoms with E-state index in [1.807, 2.05) is 24.3 Å². The molecule has 1 atom stereocenters. The van der Waals surface area contributed by atoms with Crippen molar-refractivity contribution < 1.29 is 14.3 Å². The van der Waals surface area contributed by atoms with Gasteiger partial charge in [-0.2, -0.15) is 0 Å². The molecule has 5 heteroatoms. The van der Waals surface area contributed by atoms with E-state index < -0.39 is 5.60 Å². The second kappa shape index (κ2) is 12.2. The molecule has 0 saturated carbocycles. The summed E-state index contributed by atoms with van der Waals surface area (Å²) in [7, 11) is 0. The molecule has 1 unspecified atom stereocenters. The summed E-state index contributed by atoms with van der Waals surface area (Å²) in [5.41, 5.74) is 7.35. The van der Waals surface area contributed by atoms with Crippen molar-refractivity contribution in [2.75, 3.05) is 23.3 Å². The largest absolute Gasteiger partial charge is 0.456 e. The molecule has 222 valence electrons. The van der Waals surface area contributed by atoms with E-state index in [2.05, 4.69) is 92.5 Å². The number of unbranched alkanes of at least 4 members (excludes halogenated alkanes) is 5. The SMILES string of the molecule is CCCCCCCCN(CC)c1ccc2c(c1)Oc1cc(C)c(Nc3ccc(C)cc3)cc1C21OC(=O)c2ccccc21. The molecule has 5 nitrogen and oxygen atoms in total. The van der Waals surface area contributed by atoms with Gasteiger partial charge >= 0.3 is 5.97 Å². The number of carbonyl (C=O) groups is 1. The molecule has 2 aliphatic rings. The second-order valence-corrected chi connectivity index (χ2v) is 11.9. The van der Waals surface area contributed by atoms with Crippen LogP contribution in [0, 0.1) is 13.8 Å². The van der Waals surface area contributed by atoms with Gasteiger partial charge in [-0.05, 0) is 75.2 Å². The smallest absolute Gasteiger partial charge is 0.340 e. The molecule has 2 aliphatic heterocycles. The normalized spacial score (nSPS) is 16.2. The van der Waals surface area contributed by atoms with Gasteiger partial charge in [-0.3, -0.25) is 0 Å². The fourth-order valence-electron chi connectivity index (χ4n) is 6.48. The van der Waals surface area contributed by atoms with E-state index in [4.69, 9.17) is 9.47 Å². The number of hydrogen-bond donors (Lipinski definition) is 1. The molecule has 2 heterocycles. The number of hydrogen-bond acceptors (Lipinski definition) is 5. The lowest BCUT2D eigenvalue weighted by molar-refractivity contribution is 0.0224. The molecule has 0 fully saturated rings. The fourth-order valence-corrected chi connectivity index (χ4v) is 6.48. The van der Waals surface area contributed by atoms with Crippen LogP contribution in [0.3, 0.4) is 0 Å². The number of aryl methyl sites for hydroxylation is 2. The van der Waals surface area contributed by atoms with Gasteiger partial charge in [0, 0.05) is 52.9 Å². The van der Waals surface area contributed by atoms with E-state index >= 15 is 0 Å². The first-order chi connectivity index (χ1) is 20.9. The molecule has 4 aromatic carbocycles. The van der Waals surface area contributed by atoms with Gasteiger partial charge in [0.1, 0.15) is 11.5 Å². The Labute approximate surface area is 255 Å². The summed E-state index contributed by atoms with van der Waals surface area (Å²) < 4.78 is 13.1. The molecule has 43 heavy (non-hydrogen) atoms. The van der Waals surface area contributed by atoms with Crippen molar-refractivity contribution in [2.24, 2.45) is 0 Å². The van der Waals surface area contributed by atoms with Crippen molar-refractivity contribution in [1.82, 2.24) is 0 Å². The summed E-state index contributed by atoms with van der Waals surface area (Å²) in [5.74, 6) is 1.12. The van der Waals surface area contributed by atoms with Crippen LogP contribution in [-0.4, -0.2) is 19.1 Å². The Balaban J connectivity index is 1.40. The minimum absolute atomic E-state index is 0.314. The van der Waals surface area contributed by atoms with Crippen molar-refractivity contribution in [2.45, 2.75) is 71.8 Å². The summed E-state index contributed by atoms with van der Waals surface area (Å²) in [6.45, 7) is 10.5. The quantitative estimate of drug-likeness (QED) is 0.143. The van der Waals surface area contributed by atoms with Gasteiger partial charge in [0.2, 0.25) is 0 Å². The molecule has 0 bridgehead atoms. The first-order valence-corrected chi connectivity index (χ1v) is 15.8. The van der Waals surface area contributed by atoms with E-state index in [1.54, 1.807) is 0 Å². The van der Waals surface area contributed by atoms with Gasteiger partial charge in [0.15, 0.2) is 5.60 Å². The zero-order valence-corrected chi connectivity index (χ0v) is 25.8. The third kappa shape index (κ3) is 5.37. The van der Waals surface area contributed by atoms with Crippen molar-refractivity contribution in [3.8, 4) is 11.5 Å². The molecule has 1 N–H and O–H groups in total. The van der Waals surface area contributed by atoms with Gasteiger partial charge in [-0.1, -0.05) is 74.9 Å². The number of anilines is 3. The third-order valence-corrected chi connectivity index (χ3v) is 8.90. The van der Waals surface area contributed by atoms with Gasteiger partial charge < -0.3 is 19.7 Å². The predicted molar refractivity (Wildman–Crippen MR) is 175 cm³/mol. The topological polar surface area (TPSA) is 50.8 Å². The highest BCUT2D eigenvalue weighted by Gasteiger charge is 2.53. The van der Waals surface area contributed by atoms with Crippen LogP contribution >= 0.6 is 0 Å². The minimum atomic E-state index is -1.09. The summed E-state index contributed by atoms with van der Waals surface area (Å²) in [6, 6.07) is 26.6. The van der Waals surface area contributed by atoms with E-state index in [0.717, 1.165) is 58.2 Å². The lowest BCUT2D eigenvalue weighted by Gasteiger charge is -2.38. The van der Waals surface area contributed by atoms with Crippen LogP contribution in [0.15, 0.2) is 78.9 Å². The number of esters is 1. The molecule has 4 aromatic rings. The van der Waals surface area contributed by atoms with E-state index in [0.29, 0.717) is 11.3 Å². The zero-order chi connectivity index (χ0) is 30.0. The molecule has 1 spiro atoms. The highest BCUT2D eigenvalue weighted by atomic mass is 16.6. The van der Waals surface area contributed by atoms with Crippen molar-refractivity contribution in [3.63, 3.8) is 0 Å². The Kier molecular flexibility index (Phi) is 8.16. The van der Waals surface area contributed by atoms with Crippen LogP contribution in [0.5, 0.6) is 11.5 Å². The monoisotopic (exact) mass is 574 g/mol. The molecule has 6 rings (SSSR count). The highest BCUT2D eigenvalue weighted by Crippen LogP contribution is 2.57. The maximum atomic E-state index is 13.4. The Hall–Kier alpha value is -4.25. The number of rotatable bonds is 11. The van der Waals surface area contributed by atoms with E-state index in [-0.39, 0.29) is 5.97 Å². The zero-order valence-electron chi connectivity index (χ0n) is 25.8. The lowest BCUT2D eigenvalue weighted by Crippen LogP contribution is -2.33. The first-order valence-electron chi connectivity index (χ1n) is 15.8. The number of nitrogens with zero attached hydrogens (tertiary/aromatic N) is 1. The molecular weight excluding hydrogens is 532 g/mol. The fraction of sp³-hybridized carbons (Fsp3) is 0.342. The number of carbonyl (C=O) groups excluding carboxylic acids is 1. The minimum Gasteiger partial charge on any atom is -0.456 e. The first kappa shape index (κ1) is 28.9. The third-order valence-electron chi connectivity index (χ3n) is 8.90. The van der Waals surface area contributed by atoms with Gasteiger partial charge in [0.25, 0.3) is 0 Å². The van der Waals surface area contributed by atoms with Crippen molar-refractivity contribution >= 4 is 23.0 Å². The Morgan fingerprint density at radius 3 is 2.30 bits per heavy atom. The van der Waals surface area contributed by atoms with Crippen molar-refractivity contribution in [1.29, 1.82) is 0 Å². The van der Waals surface area contributed by atoms with E-state index in [9.17, 15) is 4.79 Å². The van der Waals surface area contributed by atoms with Crippen LogP contribution in [-0.2, 0) is 10.3 Å². The van der Waals surface area contributed by atoms with Gasteiger partial charge in [-0.15, -0.1) is 0 Å². The molecule has 0 amide bonds. The van der Waals surface area contributed by atoms with Crippen LogP contribution in [0.4, 0.5) is 17.1 Å². The average molecular weight is 575 g/mol. The maximum absolute atomic E-state index is 13.4. The molecular formula is C38H42N2O3. The molecule has 0 aromatic heterocycles. The Bertz CT molecular complexity index is 1630. The summed E-state index contributed by atoms with van der Waals surface area (Å²) in [5, 5.41) is 3.58. The molecule has 0 saturated heterocycles. The lowest BCUT2D eigenvalue weighted by atomic mass is 9.77. The van der Waals surface area contributed by atoms with Gasteiger partial charge in [0.05, 0.1) is 5.56 Å². The number of nitrogens with one attached hydrogen (secondary N) is 1. The molecule has 0 aliphatic carbocycles. The molecule has 0 radical (unpaired) electrons. The van der Waals surface area contributed by atoms with Crippen molar-refractivity contribution in [3.05, 3.63) is 112 Å². The van der Waals surface area contributed by atoms with Crippen LogP contribution in [0.25, 0.3) is 0 Å². The Morgan fingerprint density at radius 2 is 1.51 bits per heavy atom. The van der Waals surface area contributed by atoms with Crippen LogP contribution in [0.1, 0.15) is 90.5 Å². The number of benzene rings is 4. The van der Waals surface area contributed by atoms with E-state index in [1.165, 1.54) is 44.1 Å². The second-order valence-electron chi connectivity index (χ2n) is 11.9. The summed E-state index contributed by atoms with van der Waals surface area (Å²) in [6.07, 6.45) is 7.62. The maximum Gasteiger partial charge on any atom is 0.340 e. The Morgan fingerprint density at radius 1 is 0.767 bits per heavy atom. The standard InChI is InChI=1S/C38H42N2O3/c1-5-7-8-9-10-13-22-40(6-2)29-20-21-32-36(24-29)42-35-23-27(4)34(39-28-18-16-26(3)17-19-28)25-33(35)38(32)31-15-12-11-14-30(31)37(41)43-38/h11-12,14-21,23-25,39H,5-10,13,22H2,1-4H3. The van der Waals surface area contributed by atoms with Gasteiger partial charge in [-0.25, -0.2) is 4.79 Å². The average Bonchev–Trinajstić information content (AvgIpc) is 3.31. The number of fused-ring (bicyclic) bond motifs is 6. The summed E-state index contributed by atoms with van der Waals surface area (Å²) >= 11 is 0. The number of ether oxygens (including phenoxy) is 2. The summed E-state index contributed by atoms with van der Waals surface area (Å²) in [4.78, 5) is 15.8. The highest BCUT2D eigenvalue weighted by molar-refractivity contribution is 5.97. The van der Waals surface area contributed by atoms with Crippen LogP contribution < -0.4 is 15.0 Å².